The number of piperazine rings is 1. The van der Waals surface area contributed by atoms with Gasteiger partial charge < -0.3 is 10.0 Å². The van der Waals surface area contributed by atoms with Crippen molar-refractivity contribution in [2.75, 3.05) is 31.1 Å². The number of halogens is 2. The average Bonchev–Trinajstić information content (AvgIpc) is 2.84. The van der Waals surface area contributed by atoms with Crippen LogP contribution in [0.25, 0.3) is 0 Å². The van der Waals surface area contributed by atoms with Crippen molar-refractivity contribution in [3.05, 3.63) is 99.0 Å². The summed E-state index contributed by atoms with van der Waals surface area (Å²) in [6, 6.07) is 24.5. The van der Waals surface area contributed by atoms with Gasteiger partial charge in [-0.25, -0.2) is 0 Å². The molecule has 0 aromatic heterocycles. The molecule has 2 unspecified atom stereocenters. The van der Waals surface area contributed by atoms with Crippen LogP contribution < -0.4 is 4.90 Å². The highest BCUT2D eigenvalue weighted by molar-refractivity contribution is 6.31. The Labute approximate surface area is 203 Å². The first-order valence-corrected chi connectivity index (χ1v) is 11.4. The van der Waals surface area contributed by atoms with E-state index in [2.05, 4.69) is 21.9 Å². The number of β-amino-alcohol motifs (C(OH)–C–C–N with tert-alkyl or cyclic N) is 1. The van der Waals surface area contributed by atoms with Crippen molar-refractivity contribution in [3.8, 4) is 12.1 Å². The van der Waals surface area contributed by atoms with Crippen molar-refractivity contribution in [2.24, 2.45) is 0 Å². The lowest BCUT2D eigenvalue weighted by molar-refractivity contribution is 0.100. The van der Waals surface area contributed by atoms with E-state index in [4.69, 9.17) is 28.5 Å². The molecule has 1 aliphatic rings. The first kappa shape index (κ1) is 23.1. The fraction of sp³-hybridized carbons (Fsp3) is 0.231. The summed E-state index contributed by atoms with van der Waals surface area (Å²) >= 11 is 12.2. The van der Waals surface area contributed by atoms with Crippen LogP contribution in [0.1, 0.15) is 34.4 Å². The van der Waals surface area contributed by atoms with E-state index in [1.807, 2.05) is 30.3 Å². The number of benzene rings is 3. The molecule has 7 heteroatoms. The summed E-state index contributed by atoms with van der Waals surface area (Å²) in [5.41, 5.74) is 3.81. The second-order valence-electron chi connectivity index (χ2n) is 8.04. The molecule has 2 atom stereocenters. The number of aliphatic hydroxyl groups excluding tert-OH is 1. The second-order valence-corrected chi connectivity index (χ2v) is 8.92. The number of hydrogen-bond donors (Lipinski definition) is 1. The minimum absolute atomic E-state index is 0.0301. The largest absolute Gasteiger partial charge is 0.387 e. The fourth-order valence-electron chi connectivity index (χ4n) is 4.24. The summed E-state index contributed by atoms with van der Waals surface area (Å²) in [4.78, 5) is 4.45. The van der Waals surface area contributed by atoms with E-state index >= 15 is 0 Å². The molecule has 1 aliphatic heterocycles. The maximum atomic E-state index is 10.8. The molecule has 0 aliphatic carbocycles. The highest BCUT2D eigenvalue weighted by Gasteiger charge is 2.31. The van der Waals surface area contributed by atoms with E-state index in [9.17, 15) is 10.4 Å². The smallest absolute Gasteiger partial charge is 0.101 e. The molecule has 0 bridgehead atoms. The van der Waals surface area contributed by atoms with Gasteiger partial charge in [0, 0.05) is 36.2 Å². The highest BCUT2D eigenvalue weighted by Crippen LogP contribution is 2.35. The van der Waals surface area contributed by atoms with E-state index in [1.165, 1.54) is 0 Å². The molecule has 0 amide bonds. The SMILES string of the molecule is N#Cc1ccc(C(O)CN2CCN(c3ccc(Cl)cc3C#N)C(c3ccc(Cl)cc3)C2)cc1. The lowest BCUT2D eigenvalue weighted by Gasteiger charge is -2.44. The van der Waals surface area contributed by atoms with Crippen molar-refractivity contribution < 1.29 is 5.11 Å². The minimum atomic E-state index is -0.666. The summed E-state index contributed by atoms with van der Waals surface area (Å²) in [5, 5.41) is 30.7. The van der Waals surface area contributed by atoms with Crippen molar-refractivity contribution in [1.29, 1.82) is 10.5 Å². The molecule has 33 heavy (non-hydrogen) atoms. The Morgan fingerprint density at radius 3 is 2.27 bits per heavy atom. The molecule has 1 heterocycles. The van der Waals surface area contributed by atoms with E-state index in [-0.39, 0.29) is 6.04 Å². The molecular weight excluding hydrogens is 455 g/mol. The molecule has 3 aromatic carbocycles. The maximum Gasteiger partial charge on any atom is 0.101 e. The zero-order valence-electron chi connectivity index (χ0n) is 17.8. The van der Waals surface area contributed by atoms with Gasteiger partial charge in [-0.2, -0.15) is 10.5 Å². The zero-order chi connectivity index (χ0) is 23.4. The Morgan fingerprint density at radius 2 is 1.61 bits per heavy atom. The summed E-state index contributed by atoms with van der Waals surface area (Å²) in [5.74, 6) is 0. The van der Waals surface area contributed by atoms with Gasteiger partial charge in [0.25, 0.3) is 0 Å². The van der Waals surface area contributed by atoms with Crippen LogP contribution in [0.5, 0.6) is 0 Å². The van der Waals surface area contributed by atoms with Crippen LogP contribution >= 0.6 is 23.2 Å². The first-order valence-electron chi connectivity index (χ1n) is 10.6. The Morgan fingerprint density at radius 1 is 0.909 bits per heavy atom. The summed E-state index contributed by atoms with van der Waals surface area (Å²) in [7, 11) is 0. The molecule has 3 aromatic rings. The van der Waals surface area contributed by atoms with Gasteiger partial charge in [-0.15, -0.1) is 0 Å². The summed E-state index contributed by atoms with van der Waals surface area (Å²) in [6.45, 7) is 2.55. The van der Waals surface area contributed by atoms with E-state index in [1.54, 1.807) is 36.4 Å². The molecule has 0 saturated carbocycles. The van der Waals surface area contributed by atoms with Gasteiger partial charge in [0.15, 0.2) is 0 Å². The van der Waals surface area contributed by atoms with Gasteiger partial charge >= 0.3 is 0 Å². The molecular formula is C26H22Cl2N4O. The van der Waals surface area contributed by atoms with Crippen LogP contribution in [-0.2, 0) is 0 Å². The lowest BCUT2D eigenvalue weighted by atomic mass is 9.99. The van der Waals surface area contributed by atoms with Gasteiger partial charge in [-0.1, -0.05) is 47.5 Å². The maximum absolute atomic E-state index is 10.8. The van der Waals surface area contributed by atoms with E-state index in [0.717, 1.165) is 23.4 Å². The third-order valence-corrected chi connectivity index (χ3v) is 6.45. The Bertz CT molecular complexity index is 1200. The number of anilines is 1. The number of nitrogens with zero attached hydrogens (tertiary/aromatic N) is 4. The van der Waals surface area contributed by atoms with Crippen LogP contribution in [0.2, 0.25) is 10.0 Å². The quantitative estimate of drug-likeness (QED) is 0.538. The van der Waals surface area contributed by atoms with E-state index in [0.29, 0.717) is 40.8 Å². The van der Waals surface area contributed by atoms with E-state index < -0.39 is 6.10 Å². The lowest BCUT2D eigenvalue weighted by Crippen LogP contribution is -2.49. The van der Waals surface area contributed by atoms with Gasteiger partial charge in [-0.3, -0.25) is 4.90 Å². The van der Waals surface area contributed by atoms with Gasteiger partial charge in [-0.05, 0) is 53.6 Å². The monoisotopic (exact) mass is 476 g/mol. The second kappa shape index (κ2) is 10.3. The number of aliphatic hydroxyl groups is 1. The molecule has 0 radical (unpaired) electrons. The van der Waals surface area contributed by atoms with Gasteiger partial charge in [0.05, 0.1) is 35.0 Å². The van der Waals surface area contributed by atoms with Crippen LogP contribution in [-0.4, -0.2) is 36.2 Å². The van der Waals surface area contributed by atoms with Crippen LogP contribution in [0.3, 0.4) is 0 Å². The summed E-state index contributed by atoms with van der Waals surface area (Å²) < 4.78 is 0. The molecule has 166 valence electrons. The Balaban J connectivity index is 1.59. The van der Waals surface area contributed by atoms with Crippen molar-refractivity contribution in [2.45, 2.75) is 12.1 Å². The predicted octanol–water partition coefficient (Wildman–Crippen LogP) is 5.33. The number of nitriles is 2. The Kier molecular flexibility index (Phi) is 7.18. The average molecular weight is 477 g/mol. The third kappa shape index (κ3) is 5.30. The zero-order valence-corrected chi connectivity index (χ0v) is 19.3. The van der Waals surface area contributed by atoms with Crippen molar-refractivity contribution in [3.63, 3.8) is 0 Å². The predicted molar refractivity (Wildman–Crippen MR) is 130 cm³/mol. The molecule has 1 N–H and O–H groups in total. The van der Waals surface area contributed by atoms with Crippen LogP contribution in [0.4, 0.5) is 5.69 Å². The van der Waals surface area contributed by atoms with Crippen LogP contribution in [0.15, 0.2) is 66.7 Å². The normalized spacial score (nSPS) is 17.2. The Hall–Kier alpha value is -3.06. The standard InChI is InChI=1S/C26H22Cl2N4O/c27-22-7-5-19(6-8-22)25-16-31(17-26(33)20-3-1-18(14-29)2-4-20)11-12-32(25)24-10-9-23(28)13-21(24)15-30/h1-10,13,25-26,33H,11-12,16-17H2. The van der Waals surface area contributed by atoms with Crippen molar-refractivity contribution >= 4 is 28.9 Å². The van der Waals surface area contributed by atoms with Gasteiger partial charge in [0.1, 0.15) is 6.07 Å². The number of hydrogen-bond acceptors (Lipinski definition) is 5. The molecule has 0 spiro atoms. The topological polar surface area (TPSA) is 74.3 Å². The first-order chi connectivity index (χ1) is 16.0. The van der Waals surface area contributed by atoms with Gasteiger partial charge in [0.2, 0.25) is 0 Å². The highest BCUT2D eigenvalue weighted by atomic mass is 35.5. The van der Waals surface area contributed by atoms with Crippen LogP contribution in [0, 0.1) is 22.7 Å². The molecule has 5 nitrogen and oxygen atoms in total. The van der Waals surface area contributed by atoms with Crippen molar-refractivity contribution in [1.82, 2.24) is 4.90 Å². The third-order valence-electron chi connectivity index (χ3n) is 5.96. The molecule has 1 saturated heterocycles. The molecule has 4 rings (SSSR count). The fourth-order valence-corrected chi connectivity index (χ4v) is 4.54. The minimum Gasteiger partial charge on any atom is -0.387 e. The summed E-state index contributed by atoms with van der Waals surface area (Å²) in [6.07, 6.45) is -0.666. The number of rotatable bonds is 5. The molecule has 1 fully saturated rings.